The molecule has 5 rings (SSSR count). The van der Waals surface area contributed by atoms with Crippen molar-refractivity contribution in [2.24, 2.45) is 12.5 Å². The summed E-state index contributed by atoms with van der Waals surface area (Å²) < 4.78 is 7.55. The van der Waals surface area contributed by atoms with E-state index in [1.165, 1.54) is 0 Å². The second-order valence-corrected chi connectivity index (χ2v) is 9.98. The van der Waals surface area contributed by atoms with Crippen LogP contribution < -0.4 is 15.1 Å². The number of anilines is 2. The third kappa shape index (κ3) is 3.57. The molecule has 0 aliphatic carbocycles. The Balaban J connectivity index is 1.43. The zero-order valence-electron chi connectivity index (χ0n) is 21.0. The molecule has 0 radical (unpaired) electrons. The van der Waals surface area contributed by atoms with Gasteiger partial charge >= 0.3 is 0 Å². The third-order valence-corrected chi connectivity index (χ3v) is 7.46. The smallest absolute Gasteiger partial charge is 0.163 e. The number of aryl methyl sites for hydroxylation is 2. The zero-order chi connectivity index (χ0) is 25.0. The van der Waals surface area contributed by atoms with E-state index in [9.17, 15) is 5.26 Å². The van der Waals surface area contributed by atoms with E-state index in [2.05, 4.69) is 52.6 Å². The third-order valence-electron chi connectivity index (χ3n) is 7.46. The predicted octanol–water partition coefficient (Wildman–Crippen LogP) is 4.14. The lowest BCUT2D eigenvalue weighted by Crippen LogP contribution is -2.70. The van der Waals surface area contributed by atoms with Crippen molar-refractivity contribution in [3.05, 3.63) is 53.6 Å². The molecule has 1 atom stereocenters. The fourth-order valence-electron chi connectivity index (χ4n) is 4.76. The number of benzene rings is 1. The number of methoxy groups -OCH3 is 1. The summed E-state index contributed by atoms with van der Waals surface area (Å²) in [4.78, 5) is 7.18. The molecule has 35 heavy (non-hydrogen) atoms. The SMILES string of the molecule is COc1cc(-c2nncn2C)ccc1NN1C=Cc2cc(C)nc(N3CC(C)(C#N)C3(C)C)c2C1. The summed E-state index contributed by atoms with van der Waals surface area (Å²) in [6.45, 7) is 9.56. The van der Waals surface area contributed by atoms with Crippen LogP contribution in [-0.2, 0) is 13.6 Å². The van der Waals surface area contributed by atoms with Crippen molar-refractivity contribution < 1.29 is 4.74 Å². The molecule has 9 nitrogen and oxygen atoms in total. The number of nitriles is 1. The van der Waals surface area contributed by atoms with Gasteiger partial charge in [-0.15, -0.1) is 10.2 Å². The first kappa shape index (κ1) is 22.7. The normalized spacial score (nSPS) is 20.1. The van der Waals surface area contributed by atoms with Gasteiger partial charge in [-0.05, 0) is 63.6 Å². The van der Waals surface area contributed by atoms with Crippen molar-refractivity contribution in [1.82, 2.24) is 24.8 Å². The van der Waals surface area contributed by atoms with E-state index in [0.717, 1.165) is 39.7 Å². The number of fused-ring (bicyclic) bond motifs is 1. The molecular weight excluding hydrogens is 440 g/mol. The first-order chi connectivity index (χ1) is 16.7. The molecule has 0 bridgehead atoms. The number of nitrogens with one attached hydrogen (secondary N) is 1. The summed E-state index contributed by atoms with van der Waals surface area (Å²) in [5.41, 5.74) is 7.77. The highest BCUT2D eigenvalue weighted by Crippen LogP contribution is 2.49. The molecule has 0 saturated carbocycles. The lowest BCUT2D eigenvalue weighted by Gasteiger charge is -2.60. The van der Waals surface area contributed by atoms with Gasteiger partial charge in [0.25, 0.3) is 0 Å². The molecule has 2 aliphatic heterocycles. The molecule has 3 aromatic rings. The molecule has 0 spiro atoms. The Hall–Kier alpha value is -4.06. The van der Waals surface area contributed by atoms with Gasteiger partial charge in [-0.2, -0.15) is 5.26 Å². The van der Waals surface area contributed by atoms with Gasteiger partial charge in [0.1, 0.15) is 17.9 Å². The first-order valence-electron chi connectivity index (χ1n) is 11.6. The van der Waals surface area contributed by atoms with Gasteiger partial charge in [0.05, 0.1) is 36.4 Å². The first-order valence-corrected chi connectivity index (χ1v) is 11.6. The Labute approximate surface area is 205 Å². The second-order valence-electron chi connectivity index (χ2n) is 9.98. The highest BCUT2D eigenvalue weighted by atomic mass is 16.5. The quantitative estimate of drug-likeness (QED) is 0.595. The summed E-state index contributed by atoms with van der Waals surface area (Å²) in [6, 6.07) is 10.6. The van der Waals surface area contributed by atoms with E-state index in [1.54, 1.807) is 13.4 Å². The van der Waals surface area contributed by atoms with E-state index in [4.69, 9.17) is 9.72 Å². The van der Waals surface area contributed by atoms with Crippen LogP contribution in [0.2, 0.25) is 0 Å². The Morgan fingerprint density at radius 1 is 1.20 bits per heavy atom. The van der Waals surface area contributed by atoms with E-state index in [0.29, 0.717) is 18.8 Å². The molecule has 1 unspecified atom stereocenters. The minimum atomic E-state index is -0.411. The summed E-state index contributed by atoms with van der Waals surface area (Å²) >= 11 is 0. The Morgan fingerprint density at radius 3 is 2.66 bits per heavy atom. The molecule has 1 aromatic carbocycles. The molecule has 1 N–H and O–H groups in total. The number of rotatable bonds is 5. The number of hydrazine groups is 1. The van der Waals surface area contributed by atoms with Crippen LogP contribution in [0.4, 0.5) is 11.5 Å². The average Bonchev–Trinajstić information content (AvgIpc) is 3.28. The second kappa shape index (κ2) is 8.01. The maximum absolute atomic E-state index is 9.74. The summed E-state index contributed by atoms with van der Waals surface area (Å²) in [7, 11) is 3.57. The number of pyridine rings is 1. The summed E-state index contributed by atoms with van der Waals surface area (Å²) in [5, 5.41) is 19.9. The van der Waals surface area contributed by atoms with Crippen LogP contribution in [0.3, 0.4) is 0 Å². The molecule has 1 fully saturated rings. The fourth-order valence-corrected chi connectivity index (χ4v) is 4.76. The van der Waals surface area contributed by atoms with Crippen molar-refractivity contribution in [2.45, 2.75) is 39.8 Å². The minimum Gasteiger partial charge on any atom is -0.494 e. The van der Waals surface area contributed by atoms with Gasteiger partial charge < -0.3 is 14.2 Å². The molecule has 4 heterocycles. The molecular formula is C26H30N8O. The number of aromatic nitrogens is 4. The number of ether oxygens (including phenoxy) is 1. The Kier molecular flexibility index (Phi) is 5.20. The van der Waals surface area contributed by atoms with Crippen LogP contribution in [0.1, 0.15) is 37.6 Å². The highest BCUT2D eigenvalue weighted by molar-refractivity contribution is 5.69. The molecule has 2 aliphatic rings. The summed E-state index contributed by atoms with van der Waals surface area (Å²) in [5.74, 6) is 2.42. The van der Waals surface area contributed by atoms with Crippen LogP contribution >= 0.6 is 0 Å². The molecule has 1 saturated heterocycles. The van der Waals surface area contributed by atoms with Gasteiger partial charge in [-0.1, -0.05) is 0 Å². The van der Waals surface area contributed by atoms with Crippen LogP contribution in [0, 0.1) is 23.7 Å². The van der Waals surface area contributed by atoms with Crippen molar-refractivity contribution >= 4 is 17.6 Å². The van der Waals surface area contributed by atoms with Gasteiger partial charge in [-0.3, -0.25) is 10.4 Å². The van der Waals surface area contributed by atoms with Gasteiger partial charge in [0, 0.05) is 36.6 Å². The monoisotopic (exact) mass is 470 g/mol. The van der Waals surface area contributed by atoms with E-state index in [-0.39, 0.29) is 5.54 Å². The van der Waals surface area contributed by atoms with Gasteiger partial charge in [0.15, 0.2) is 5.82 Å². The minimum absolute atomic E-state index is 0.311. The van der Waals surface area contributed by atoms with Crippen molar-refractivity contribution in [3.63, 3.8) is 0 Å². The molecule has 2 aromatic heterocycles. The lowest BCUT2D eigenvalue weighted by molar-refractivity contribution is 0.138. The average molecular weight is 471 g/mol. The largest absolute Gasteiger partial charge is 0.494 e. The highest BCUT2D eigenvalue weighted by Gasteiger charge is 2.57. The van der Waals surface area contributed by atoms with E-state index >= 15 is 0 Å². The van der Waals surface area contributed by atoms with Crippen molar-refractivity contribution in [3.8, 4) is 23.2 Å². The molecule has 180 valence electrons. The molecule has 9 heteroatoms. The Morgan fingerprint density at radius 2 is 2.00 bits per heavy atom. The van der Waals surface area contributed by atoms with Crippen LogP contribution in [-0.4, -0.2) is 44.0 Å². The van der Waals surface area contributed by atoms with E-state index in [1.807, 2.05) is 54.9 Å². The van der Waals surface area contributed by atoms with Crippen LogP contribution in [0.25, 0.3) is 17.5 Å². The fraction of sp³-hybridized carbons (Fsp3) is 0.385. The molecule has 0 amide bonds. The standard InChI is InChI=1S/C26H30N8O/c1-17-11-18-9-10-33(13-20(18)24(29-17)34-15-26(4,14-27)25(34,2)3)31-21-8-7-19(12-22(21)35-6)23-30-28-16-32(23)5/h7-12,16,31H,13,15H2,1-6H3. The lowest BCUT2D eigenvalue weighted by atomic mass is 9.64. The van der Waals surface area contributed by atoms with E-state index < -0.39 is 5.41 Å². The van der Waals surface area contributed by atoms with Gasteiger partial charge in [0.2, 0.25) is 0 Å². The van der Waals surface area contributed by atoms with Crippen molar-refractivity contribution in [2.75, 3.05) is 24.0 Å². The predicted molar refractivity (Wildman–Crippen MR) is 135 cm³/mol. The van der Waals surface area contributed by atoms with Gasteiger partial charge in [-0.25, -0.2) is 4.98 Å². The topological polar surface area (TPSA) is 95.1 Å². The number of hydrogen-bond donors (Lipinski definition) is 1. The maximum Gasteiger partial charge on any atom is 0.163 e. The summed E-state index contributed by atoms with van der Waals surface area (Å²) in [6.07, 6.45) is 5.80. The maximum atomic E-state index is 9.74. The zero-order valence-corrected chi connectivity index (χ0v) is 21.0. The van der Waals surface area contributed by atoms with Crippen LogP contribution in [0.5, 0.6) is 5.75 Å². The van der Waals surface area contributed by atoms with Crippen LogP contribution in [0.15, 0.2) is 36.8 Å². The number of nitrogens with zero attached hydrogens (tertiary/aromatic N) is 7. The Bertz CT molecular complexity index is 1370. The van der Waals surface area contributed by atoms with Crippen molar-refractivity contribution in [1.29, 1.82) is 5.26 Å². The number of hydrogen-bond acceptors (Lipinski definition) is 8.